The maximum atomic E-state index is 3.51. The first-order valence-electron chi connectivity index (χ1n) is 5.55. The minimum atomic E-state index is 0.427. The number of hydrogen-bond donors (Lipinski definition) is 1. The molecule has 1 saturated carbocycles. The van der Waals surface area contributed by atoms with Crippen LogP contribution in [0.4, 0.5) is 0 Å². The van der Waals surface area contributed by atoms with Gasteiger partial charge in [0, 0.05) is 31.7 Å². The third-order valence-corrected chi connectivity index (χ3v) is 3.30. The standard InChI is InChI=1S/C11H22N2/c1-11(2,3)10-8-12-6-7-13(10)9-4-5-9/h9-10,12H,4-8H2,1-3H3. The second-order valence-corrected chi connectivity index (χ2v) is 5.55. The molecular weight excluding hydrogens is 160 g/mol. The molecule has 1 saturated heterocycles. The molecule has 1 aliphatic carbocycles. The Labute approximate surface area is 81.7 Å². The second-order valence-electron chi connectivity index (χ2n) is 5.55. The van der Waals surface area contributed by atoms with E-state index in [4.69, 9.17) is 0 Å². The minimum Gasteiger partial charge on any atom is -0.314 e. The van der Waals surface area contributed by atoms with Gasteiger partial charge < -0.3 is 5.32 Å². The average Bonchev–Trinajstić information content (AvgIpc) is 2.85. The van der Waals surface area contributed by atoms with Crippen molar-refractivity contribution >= 4 is 0 Å². The first-order valence-corrected chi connectivity index (χ1v) is 5.55. The van der Waals surface area contributed by atoms with E-state index in [0.717, 1.165) is 12.1 Å². The van der Waals surface area contributed by atoms with Crippen molar-refractivity contribution < 1.29 is 0 Å². The number of rotatable bonds is 1. The zero-order chi connectivity index (χ0) is 9.47. The molecule has 0 radical (unpaired) electrons. The van der Waals surface area contributed by atoms with E-state index in [1.165, 1.54) is 32.5 Å². The highest BCUT2D eigenvalue weighted by atomic mass is 15.3. The number of piperazine rings is 1. The van der Waals surface area contributed by atoms with Crippen LogP contribution < -0.4 is 5.32 Å². The topological polar surface area (TPSA) is 15.3 Å². The monoisotopic (exact) mass is 182 g/mol. The lowest BCUT2D eigenvalue weighted by molar-refractivity contribution is 0.0684. The van der Waals surface area contributed by atoms with Crippen molar-refractivity contribution in [1.29, 1.82) is 0 Å². The van der Waals surface area contributed by atoms with Crippen molar-refractivity contribution in [3.63, 3.8) is 0 Å². The van der Waals surface area contributed by atoms with E-state index in [2.05, 4.69) is 31.0 Å². The summed E-state index contributed by atoms with van der Waals surface area (Å²) in [5.41, 5.74) is 0.427. The highest BCUT2D eigenvalue weighted by Crippen LogP contribution is 2.34. The Kier molecular flexibility index (Phi) is 2.37. The molecule has 1 atom stereocenters. The Morgan fingerprint density at radius 1 is 1.23 bits per heavy atom. The van der Waals surface area contributed by atoms with Crippen LogP contribution in [0.15, 0.2) is 0 Å². The number of nitrogens with one attached hydrogen (secondary N) is 1. The van der Waals surface area contributed by atoms with Gasteiger partial charge in [-0.25, -0.2) is 0 Å². The van der Waals surface area contributed by atoms with Crippen LogP contribution in [0, 0.1) is 5.41 Å². The highest BCUT2D eigenvalue weighted by Gasteiger charge is 2.39. The molecule has 2 aliphatic rings. The Balaban J connectivity index is 2.03. The van der Waals surface area contributed by atoms with Gasteiger partial charge in [0.05, 0.1) is 0 Å². The maximum Gasteiger partial charge on any atom is 0.0272 e. The molecule has 1 unspecified atom stereocenters. The molecule has 2 rings (SSSR count). The third kappa shape index (κ3) is 2.05. The van der Waals surface area contributed by atoms with Gasteiger partial charge in [-0.05, 0) is 18.3 Å². The van der Waals surface area contributed by atoms with E-state index in [9.17, 15) is 0 Å². The van der Waals surface area contributed by atoms with Gasteiger partial charge in [0.25, 0.3) is 0 Å². The normalized spacial score (nSPS) is 32.1. The predicted octanol–water partition coefficient (Wildman–Crippen LogP) is 1.47. The van der Waals surface area contributed by atoms with Crippen LogP contribution in [-0.4, -0.2) is 36.6 Å². The van der Waals surface area contributed by atoms with Gasteiger partial charge >= 0.3 is 0 Å². The van der Waals surface area contributed by atoms with Gasteiger partial charge in [0.15, 0.2) is 0 Å². The van der Waals surface area contributed by atoms with E-state index in [-0.39, 0.29) is 0 Å². The molecule has 2 heteroatoms. The van der Waals surface area contributed by atoms with Crippen LogP contribution in [0.3, 0.4) is 0 Å². The highest BCUT2D eigenvalue weighted by molar-refractivity contribution is 4.96. The summed E-state index contributed by atoms with van der Waals surface area (Å²) in [5, 5.41) is 3.51. The zero-order valence-corrected chi connectivity index (χ0v) is 9.14. The first-order chi connectivity index (χ1) is 6.09. The summed E-state index contributed by atoms with van der Waals surface area (Å²) in [6.45, 7) is 10.7. The van der Waals surface area contributed by atoms with Gasteiger partial charge in [-0.15, -0.1) is 0 Å². The van der Waals surface area contributed by atoms with Crippen molar-refractivity contribution in [3.05, 3.63) is 0 Å². The summed E-state index contributed by atoms with van der Waals surface area (Å²) < 4.78 is 0. The van der Waals surface area contributed by atoms with Gasteiger partial charge in [-0.3, -0.25) is 4.90 Å². The van der Waals surface area contributed by atoms with Crippen molar-refractivity contribution in [3.8, 4) is 0 Å². The van der Waals surface area contributed by atoms with E-state index in [1.807, 2.05) is 0 Å². The average molecular weight is 182 g/mol. The minimum absolute atomic E-state index is 0.427. The molecule has 0 amide bonds. The van der Waals surface area contributed by atoms with Crippen LogP contribution in [-0.2, 0) is 0 Å². The summed E-state index contributed by atoms with van der Waals surface area (Å²) in [6.07, 6.45) is 2.87. The van der Waals surface area contributed by atoms with E-state index >= 15 is 0 Å². The smallest absolute Gasteiger partial charge is 0.0272 e. The lowest BCUT2D eigenvalue weighted by atomic mass is 9.84. The fourth-order valence-corrected chi connectivity index (χ4v) is 2.37. The van der Waals surface area contributed by atoms with Gasteiger partial charge in [0.2, 0.25) is 0 Å². The molecule has 1 aliphatic heterocycles. The largest absolute Gasteiger partial charge is 0.314 e. The molecule has 2 fully saturated rings. The fourth-order valence-electron chi connectivity index (χ4n) is 2.37. The predicted molar refractivity (Wildman–Crippen MR) is 55.8 cm³/mol. The Bertz CT molecular complexity index is 179. The molecule has 0 aromatic rings. The molecule has 13 heavy (non-hydrogen) atoms. The summed E-state index contributed by atoms with van der Waals surface area (Å²) >= 11 is 0. The van der Waals surface area contributed by atoms with Crippen molar-refractivity contribution in [1.82, 2.24) is 10.2 Å². The zero-order valence-electron chi connectivity index (χ0n) is 9.14. The summed E-state index contributed by atoms with van der Waals surface area (Å²) in [5.74, 6) is 0. The summed E-state index contributed by atoms with van der Waals surface area (Å²) in [6, 6.07) is 1.67. The quantitative estimate of drug-likeness (QED) is 0.660. The molecule has 0 bridgehead atoms. The van der Waals surface area contributed by atoms with Crippen molar-refractivity contribution in [2.45, 2.75) is 45.7 Å². The molecule has 0 spiro atoms. The van der Waals surface area contributed by atoms with Crippen LogP contribution in [0.1, 0.15) is 33.6 Å². The Morgan fingerprint density at radius 3 is 2.46 bits per heavy atom. The van der Waals surface area contributed by atoms with Crippen LogP contribution in [0.25, 0.3) is 0 Å². The van der Waals surface area contributed by atoms with Crippen molar-refractivity contribution in [2.75, 3.05) is 19.6 Å². The lowest BCUT2D eigenvalue weighted by Crippen LogP contribution is -2.57. The van der Waals surface area contributed by atoms with Gasteiger partial charge in [0.1, 0.15) is 0 Å². The molecule has 2 nitrogen and oxygen atoms in total. The number of hydrogen-bond acceptors (Lipinski definition) is 2. The summed E-state index contributed by atoms with van der Waals surface area (Å²) in [4.78, 5) is 2.73. The van der Waals surface area contributed by atoms with E-state index in [1.54, 1.807) is 0 Å². The Hall–Kier alpha value is -0.0800. The van der Waals surface area contributed by atoms with Crippen LogP contribution in [0.5, 0.6) is 0 Å². The molecular formula is C11H22N2. The van der Waals surface area contributed by atoms with E-state index in [0.29, 0.717) is 5.41 Å². The molecule has 0 aromatic carbocycles. The van der Waals surface area contributed by atoms with E-state index < -0.39 is 0 Å². The van der Waals surface area contributed by atoms with Crippen molar-refractivity contribution in [2.24, 2.45) is 5.41 Å². The lowest BCUT2D eigenvalue weighted by Gasteiger charge is -2.44. The SMILES string of the molecule is CC(C)(C)C1CNCCN1C1CC1. The van der Waals surface area contributed by atoms with Crippen LogP contribution in [0.2, 0.25) is 0 Å². The summed E-state index contributed by atoms with van der Waals surface area (Å²) in [7, 11) is 0. The molecule has 0 aromatic heterocycles. The first kappa shape index (κ1) is 9.47. The number of nitrogens with zero attached hydrogens (tertiary/aromatic N) is 1. The fraction of sp³-hybridized carbons (Fsp3) is 1.00. The van der Waals surface area contributed by atoms with Crippen LogP contribution >= 0.6 is 0 Å². The van der Waals surface area contributed by atoms with Gasteiger partial charge in [-0.1, -0.05) is 20.8 Å². The van der Waals surface area contributed by atoms with Gasteiger partial charge in [-0.2, -0.15) is 0 Å². The molecule has 1 heterocycles. The maximum absolute atomic E-state index is 3.51. The molecule has 76 valence electrons. The third-order valence-electron chi connectivity index (χ3n) is 3.30. The Morgan fingerprint density at radius 2 is 1.92 bits per heavy atom. The second kappa shape index (κ2) is 3.25. The molecule has 1 N–H and O–H groups in total.